The van der Waals surface area contributed by atoms with Crippen molar-refractivity contribution in [1.29, 1.82) is 0 Å². The van der Waals surface area contributed by atoms with Crippen LogP contribution < -0.4 is 5.84 Å². The number of halogens is 1. The lowest BCUT2D eigenvalue weighted by molar-refractivity contribution is 0.283. The summed E-state index contributed by atoms with van der Waals surface area (Å²) < 4.78 is 0. The van der Waals surface area contributed by atoms with Crippen LogP contribution in [-0.2, 0) is 0 Å². The summed E-state index contributed by atoms with van der Waals surface area (Å²) >= 11 is 5.83. The van der Waals surface area contributed by atoms with Crippen LogP contribution in [0.1, 0.15) is 12.0 Å². The molecule has 0 amide bonds. The van der Waals surface area contributed by atoms with E-state index in [0.29, 0.717) is 0 Å². The van der Waals surface area contributed by atoms with Crippen molar-refractivity contribution in [3.63, 3.8) is 0 Å². The average Bonchev–Trinajstić information content (AvgIpc) is 2.21. The first kappa shape index (κ1) is 9.97. The molecule has 3 heteroatoms. The Morgan fingerprint density at radius 2 is 1.93 bits per heavy atom. The van der Waals surface area contributed by atoms with Gasteiger partial charge in [0.15, 0.2) is 0 Å². The minimum absolute atomic E-state index is 0.783. The predicted octanol–water partition coefficient (Wildman–Crippen LogP) is 2.05. The first-order valence-electron chi connectivity index (χ1n) is 4.70. The summed E-state index contributed by atoms with van der Waals surface area (Å²) in [5.41, 5.74) is 1.25. The van der Waals surface area contributed by atoms with Crippen LogP contribution in [0.2, 0.25) is 5.02 Å². The fourth-order valence-corrected chi connectivity index (χ4v) is 1.74. The molecule has 0 aliphatic carbocycles. The van der Waals surface area contributed by atoms with E-state index < -0.39 is 0 Å². The molecular weight excluding hydrogens is 196 g/mol. The number of hydrazine groups is 1. The van der Waals surface area contributed by atoms with Gasteiger partial charge in [-0.3, -0.25) is 5.84 Å². The summed E-state index contributed by atoms with van der Waals surface area (Å²) in [7, 11) is 0. The lowest BCUT2D eigenvalue weighted by Gasteiger charge is -2.27. The Kier molecular flexibility index (Phi) is 3.06. The molecule has 0 bridgehead atoms. The number of piperidine rings is 1. The summed E-state index contributed by atoms with van der Waals surface area (Å²) in [6, 6.07) is 7.96. The smallest absolute Gasteiger partial charge is 0.0406 e. The van der Waals surface area contributed by atoms with Crippen LogP contribution in [0.25, 0.3) is 0 Å². The third kappa shape index (κ3) is 2.27. The minimum atomic E-state index is 0.783. The van der Waals surface area contributed by atoms with Crippen LogP contribution in [0.15, 0.2) is 24.3 Å². The van der Waals surface area contributed by atoms with Gasteiger partial charge in [-0.1, -0.05) is 23.7 Å². The Morgan fingerprint density at radius 1 is 1.21 bits per heavy atom. The molecule has 2 nitrogen and oxygen atoms in total. The van der Waals surface area contributed by atoms with Gasteiger partial charge in [0.05, 0.1) is 0 Å². The highest BCUT2D eigenvalue weighted by molar-refractivity contribution is 6.30. The van der Waals surface area contributed by atoms with Gasteiger partial charge in [-0.05, 0) is 30.5 Å². The first-order chi connectivity index (χ1) is 6.75. The van der Waals surface area contributed by atoms with Crippen LogP contribution in [0, 0.1) is 12.3 Å². The van der Waals surface area contributed by atoms with E-state index >= 15 is 0 Å². The molecule has 2 N–H and O–H groups in total. The van der Waals surface area contributed by atoms with Gasteiger partial charge in [0.25, 0.3) is 0 Å². The molecule has 1 fully saturated rings. The molecule has 1 aromatic carbocycles. The van der Waals surface area contributed by atoms with Gasteiger partial charge in [-0.25, -0.2) is 5.01 Å². The van der Waals surface area contributed by atoms with Crippen LogP contribution in [-0.4, -0.2) is 18.1 Å². The Labute approximate surface area is 89.6 Å². The second-order valence-electron chi connectivity index (χ2n) is 3.48. The van der Waals surface area contributed by atoms with E-state index in [1.54, 1.807) is 0 Å². The van der Waals surface area contributed by atoms with E-state index in [9.17, 15) is 0 Å². The van der Waals surface area contributed by atoms with Gasteiger partial charge in [0, 0.05) is 24.0 Å². The second-order valence-corrected chi connectivity index (χ2v) is 3.92. The second kappa shape index (κ2) is 4.30. The van der Waals surface area contributed by atoms with E-state index in [2.05, 4.69) is 18.6 Å². The van der Waals surface area contributed by atoms with E-state index in [1.807, 2.05) is 17.1 Å². The third-order valence-electron chi connectivity index (χ3n) is 2.46. The maximum absolute atomic E-state index is 5.83. The van der Waals surface area contributed by atoms with E-state index in [-0.39, 0.29) is 0 Å². The van der Waals surface area contributed by atoms with Gasteiger partial charge in [0.1, 0.15) is 0 Å². The summed E-state index contributed by atoms with van der Waals surface area (Å²) in [6.45, 7) is 1.76. The highest BCUT2D eigenvalue weighted by atomic mass is 35.5. The van der Waals surface area contributed by atoms with Crippen molar-refractivity contribution >= 4 is 11.6 Å². The van der Waals surface area contributed by atoms with Gasteiger partial charge in [-0.2, -0.15) is 0 Å². The standard InChI is InChI=1S/C11H13ClN2/c12-11-3-1-9(2-4-11)10-5-7-14(13)8-6-10/h1-5H,6-8,13H2. The van der Waals surface area contributed by atoms with Crippen molar-refractivity contribution < 1.29 is 0 Å². The Balaban J connectivity index is 2.05. The number of hydrogen-bond donors (Lipinski definition) is 1. The molecule has 0 saturated carbocycles. The molecule has 1 aliphatic heterocycles. The molecule has 1 saturated heterocycles. The van der Waals surface area contributed by atoms with Crippen molar-refractivity contribution in [2.24, 2.45) is 5.84 Å². The lowest BCUT2D eigenvalue weighted by Crippen LogP contribution is -2.38. The van der Waals surface area contributed by atoms with Gasteiger partial charge >= 0.3 is 0 Å². The molecule has 0 spiro atoms. The van der Waals surface area contributed by atoms with E-state index in [0.717, 1.165) is 24.5 Å². The SMILES string of the molecule is NN1C[CH][C](c2ccc(Cl)cc2)CC1. The number of benzene rings is 1. The van der Waals surface area contributed by atoms with Crippen molar-refractivity contribution in [3.05, 3.63) is 47.2 Å². The highest BCUT2D eigenvalue weighted by Crippen LogP contribution is 2.25. The monoisotopic (exact) mass is 208 g/mol. The number of nitrogens with zero attached hydrogens (tertiary/aromatic N) is 1. The van der Waals surface area contributed by atoms with Crippen molar-refractivity contribution in [1.82, 2.24) is 5.01 Å². The third-order valence-corrected chi connectivity index (χ3v) is 2.71. The topological polar surface area (TPSA) is 29.3 Å². The molecule has 1 aliphatic rings. The fourth-order valence-electron chi connectivity index (χ4n) is 1.61. The summed E-state index contributed by atoms with van der Waals surface area (Å²) in [5.74, 6) is 7.03. The largest absolute Gasteiger partial charge is 0.269 e. The van der Waals surface area contributed by atoms with E-state index in [4.69, 9.17) is 17.4 Å². The summed E-state index contributed by atoms with van der Waals surface area (Å²) in [5, 5.41) is 2.60. The molecule has 0 atom stereocenters. The maximum Gasteiger partial charge on any atom is 0.0406 e. The van der Waals surface area contributed by atoms with Crippen LogP contribution in [0.3, 0.4) is 0 Å². The highest BCUT2D eigenvalue weighted by Gasteiger charge is 2.19. The number of hydrogen-bond acceptors (Lipinski definition) is 2. The molecule has 0 unspecified atom stereocenters. The Morgan fingerprint density at radius 3 is 2.50 bits per heavy atom. The quantitative estimate of drug-likeness (QED) is 0.716. The van der Waals surface area contributed by atoms with Gasteiger partial charge in [-0.15, -0.1) is 0 Å². The minimum Gasteiger partial charge on any atom is -0.269 e. The zero-order valence-corrected chi connectivity index (χ0v) is 8.67. The molecule has 2 rings (SSSR count). The van der Waals surface area contributed by atoms with Crippen LogP contribution >= 0.6 is 11.6 Å². The van der Waals surface area contributed by atoms with Crippen LogP contribution in [0.4, 0.5) is 0 Å². The zero-order valence-electron chi connectivity index (χ0n) is 7.91. The molecule has 1 heterocycles. The number of nitrogens with two attached hydrogens (primary N) is 1. The van der Waals surface area contributed by atoms with Crippen molar-refractivity contribution in [3.8, 4) is 0 Å². The Bertz CT molecular complexity index is 289. The average molecular weight is 209 g/mol. The fraction of sp³-hybridized carbons (Fsp3) is 0.273. The van der Waals surface area contributed by atoms with Gasteiger partial charge < -0.3 is 0 Å². The van der Waals surface area contributed by atoms with E-state index in [1.165, 1.54) is 11.5 Å². The molecule has 0 aromatic heterocycles. The summed E-state index contributed by atoms with van der Waals surface area (Å²) in [6.07, 6.45) is 3.19. The number of rotatable bonds is 1. The molecular formula is C11H13ClN2. The predicted molar refractivity (Wildman–Crippen MR) is 58.5 cm³/mol. The maximum atomic E-state index is 5.83. The van der Waals surface area contributed by atoms with Crippen LogP contribution in [0.5, 0.6) is 0 Å². The summed E-state index contributed by atoms with van der Waals surface area (Å²) in [4.78, 5) is 0. The zero-order chi connectivity index (χ0) is 9.97. The normalized spacial score (nSPS) is 19.9. The molecule has 1 aromatic rings. The van der Waals surface area contributed by atoms with Gasteiger partial charge in [0.2, 0.25) is 0 Å². The van der Waals surface area contributed by atoms with Crippen molar-refractivity contribution in [2.45, 2.75) is 6.42 Å². The molecule has 74 valence electrons. The molecule has 2 radical (unpaired) electrons. The lowest BCUT2D eigenvalue weighted by atomic mass is 9.90. The first-order valence-corrected chi connectivity index (χ1v) is 5.08. The Hall–Kier alpha value is -0.570. The van der Waals surface area contributed by atoms with Crippen molar-refractivity contribution in [2.75, 3.05) is 13.1 Å². The molecule has 14 heavy (non-hydrogen) atoms.